The molecule has 1 N–H and O–H groups in total. The summed E-state index contributed by atoms with van der Waals surface area (Å²) in [5.41, 5.74) is 5.89. The summed E-state index contributed by atoms with van der Waals surface area (Å²) in [6.07, 6.45) is 6.33. The van der Waals surface area contributed by atoms with Gasteiger partial charge in [0.25, 0.3) is 0 Å². The summed E-state index contributed by atoms with van der Waals surface area (Å²) in [4.78, 5) is 0. The molecule has 1 aliphatic rings. The molecule has 1 saturated carbocycles. The number of hydrazone groups is 1. The van der Waals surface area contributed by atoms with Gasteiger partial charge in [-0.3, -0.25) is 0 Å². The average molecular weight is 216 g/mol. The molecule has 2 heteroatoms. The molecule has 1 fully saturated rings. The van der Waals surface area contributed by atoms with Crippen LogP contribution in [0.4, 0.5) is 0 Å². The van der Waals surface area contributed by atoms with Gasteiger partial charge in [0, 0.05) is 5.71 Å². The van der Waals surface area contributed by atoms with Gasteiger partial charge in [0.15, 0.2) is 0 Å². The lowest BCUT2D eigenvalue weighted by molar-refractivity contribution is 0.587. The molecule has 0 saturated heterocycles. The highest BCUT2D eigenvalue weighted by Crippen LogP contribution is 2.16. The normalized spacial score (nSPS) is 17.9. The van der Waals surface area contributed by atoms with Crippen molar-refractivity contribution in [3.8, 4) is 0 Å². The number of nitrogens with one attached hydrogen (secondary N) is 1. The van der Waals surface area contributed by atoms with Crippen LogP contribution in [0.2, 0.25) is 0 Å². The van der Waals surface area contributed by atoms with E-state index in [-0.39, 0.29) is 0 Å². The van der Waals surface area contributed by atoms with E-state index in [9.17, 15) is 0 Å². The van der Waals surface area contributed by atoms with E-state index in [1.54, 1.807) is 0 Å². The predicted molar refractivity (Wildman–Crippen MR) is 68.5 cm³/mol. The predicted octanol–water partition coefficient (Wildman–Crippen LogP) is 3.66. The van der Waals surface area contributed by atoms with Crippen LogP contribution in [0.3, 0.4) is 0 Å². The van der Waals surface area contributed by atoms with Crippen molar-refractivity contribution >= 4 is 5.71 Å². The van der Waals surface area contributed by atoms with Crippen LogP contribution in [-0.2, 0) is 0 Å². The molecule has 0 heterocycles. The van der Waals surface area contributed by atoms with Gasteiger partial charge in [-0.2, -0.15) is 5.10 Å². The first-order valence-corrected chi connectivity index (χ1v) is 6.22. The lowest BCUT2D eigenvalue weighted by Crippen LogP contribution is -2.16. The van der Waals surface area contributed by atoms with Gasteiger partial charge in [0.1, 0.15) is 0 Å². The van der Waals surface area contributed by atoms with Crippen LogP contribution in [0, 0.1) is 0 Å². The van der Waals surface area contributed by atoms with Crippen LogP contribution in [-0.4, -0.2) is 5.71 Å². The quantitative estimate of drug-likeness (QED) is 0.766. The Morgan fingerprint density at radius 2 is 1.75 bits per heavy atom. The first kappa shape index (κ1) is 11.2. The monoisotopic (exact) mass is 216 g/mol. The summed E-state index contributed by atoms with van der Waals surface area (Å²) in [6, 6.07) is 10.8. The highest BCUT2D eigenvalue weighted by molar-refractivity contribution is 5.84. The van der Waals surface area contributed by atoms with Crippen molar-refractivity contribution in [2.24, 2.45) is 5.10 Å². The minimum absolute atomic E-state index is 0.302. The SMILES string of the molecule is CC(NN=C1CCCCC1)c1ccccc1. The molecule has 2 rings (SSSR count). The van der Waals surface area contributed by atoms with E-state index < -0.39 is 0 Å². The fourth-order valence-corrected chi connectivity index (χ4v) is 2.08. The zero-order chi connectivity index (χ0) is 11.2. The highest BCUT2D eigenvalue weighted by atomic mass is 15.3. The third kappa shape index (κ3) is 3.09. The van der Waals surface area contributed by atoms with Crippen LogP contribution in [0.15, 0.2) is 35.4 Å². The van der Waals surface area contributed by atoms with Crippen molar-refractivity contribution in [3.63, 3.8) is 0 Å². The van der Waals surface area contributed by atoms with Gasteiger partial charge in [0.2, 0.25) is 0 Å². The Morgan fingerprint density at radius 3 is 2.44 bits per heavy atom. The van der Waals surface area contributed by atoms with E-state index >= 15 is 0 Å². The third-order valence-electron chi connectivity index (χ3n) is 3.15. The van der Waals surface area contributed by atoms with Crippen molar-refractivity contribution < 1.29 is 0 Å². The van der Waals surface area contributed by atoms with Crippen LogP contribution >= 0.6 is 0 Å². The maximum atomic E-state index is 4.53. The molecule has 1 unspecified atom stereocenters. The van der Waals surface area contributed by atoms with E-state index in [1.165, 1.54) is 43.4 Å². The van der Waals surface area contributed by atoms with Gasteiger partial charge in [0.05, 0.1) is 6.04 Å². The summed E-state index contributed by atoms with van der Waals surface area (Å²) in [7, 11) is 0. The number of rotatable bonds is 3. The Balaban J connectivity index is 1.90. The summed E-state index contributed by atoms with van der Waals surface area (Å²) < 4.78 is 0. The van der Waals surface area contributed by atoms with Crippen molar-refractivity contribution in [1.82, 2.24) is 5.43 Å². The molecule has 1 atom stereocenters. The molecular weight excluding hydrogens is 196 g/mol. The Morgan fingerprint density at radius 1 is 1.06 bits per heavy atom. The summed E-state index contributed by atoms with van der Waals surface area (Å²) in [5.74, 6) is 0. The number of nitrogens with zero attached hydrogens (tertiary/aromatic N) is 1. The molecule has 1 aromatic rings. The molecule has 16 heavy (non-hydrogen) atoms. The zero-order valence-electron chi connectivity index (χ0n) is 9.95. The summed E-state index contributed by atoms with van der Waals surface area (Å²) >= 11 is 0. The molecule has 0 radical (unpaired) electrons. The Hall–Kier alpha value is -1.31. The maximum Gasteiger partial charge on any atom is 0.0661 e. The molecule has 0 aliphatic heterocycles. The van der Waals surface area contributed by atoms with Crippen molar-refractivity contribution in [3.05, 3.63) is 35.9 Å². The number of hydrogen-bond donors (Lipinski definition) is 1. The zero-order valence-corrected chi connectivity index (χ0v) is 9.95. The van der Waals surface area contributed by atoms with Crippen LogP contribution in [0.5, 0.6) is 0 Å². The van der Waals surface area contributed by atoms with Gasteiger partial charge < -0.3 is 5.43 Å². The van der Waals surface area contributed by atoms with Crippen molar-refractivity contribution in [2.45, 2.75) is 45.1 Å². The Kier molecular flexibility index (Phi) is 3.97. The molecular formula is C14H20N2. The second-order valence-electron chi connectivity index (χ2n) is 4.50. The molecule has 0 spiro atoms. The van der Waals surface area contributed by atoms with Crippen molar-refractivity contribution in [2.75, 3.05) is 0 Å². The lowest BCUT2D eigenvalue weighted by Gasteiger charge is -2.16. The molecule has 2 nitrogen and oxygen atoms in total. The maximum absolute atomic E-state index is 4.53. The van der Waals surface area contributed by atoms with E-state index in [1.807, 2.05) is 6.07 Å². The van der Waals surface area contributed by atoms with Gasteiger partial charge in [-0.1, -0.05) is 36.8 Å². The minimum atomic E-state index is 0.302. The fourth-order valence-electron chi connectivity index (χ4n) is 2.08. The fraction of sp³-hybridized carbons (Fsp3) is 0.500. The van der Waals surface area contributed by atoms with Gasteiger partial charge in [-0.15, -0.1) is 0 Å². The summed E-state index contributed by atoms with van der Waals surface area (Å²) in [6.45, 7) is 2.15. The standard InChI is InChI=1S/C14H20N2/c1-12(13-8-4-2-5-9-13)15-16-14-10-6-3-7-11-14/h2,4-5,8-9,12,15H,3,6-7,10-11H2,1H3. The molecule has 0 amide bonds. The second kappa shape index (κ2) is 5.69. The topological polar surface area (TPSA) is 24.4 Å². The first-order chi connectivity index (χ1) is 7.86. The molecule has 0 aromatic heterocycles. The van der Waals surface area contributed by atoms with E-state index in [0.29, 0.717) is 6.04 Å². The van der Waals surface area contributed by atoms with Crippen LogP contribution in [0.1, 0.15) is 50.6 Å². The minimum Gasteiger partial charge on any atom is -0.303 e. The summed E-state index contributed by atoms with van der Waals surface area (Å²) in [5, 5.41) is 4.53. The first-order valence-electron chi connectivity index (χ1n) is 6.22. The second-order valence-corrected chi connectivity index (χ2v) is 4.50. The highest BCUT2D eigenvalue weighted by Gasteiger charge is 2.07. The largest absolute Gasteiger partial charge is 0.303 e. The lowest BCUT2D eigenvalue weighted by atomic mass is 9.99. The van der Waals surface area contributed by atoms with E-state index in [0.717, 1.165) is 0 Å². The average Bonchev–Trinajstić information content (AvgIpc) is 2.38. The van der Waals surface area contributed by atoms with E-state index in [4.69, 9.17) is 0 Å². The molecule has 1 aromatic carbocycles. The van der Waals surface area contributed by atoms with Gasteiger partial charge in [-0.05, 0) is 38.2 Å². The number of hydrogen-bond acceptors (Lipinski definition) is 2. The van der Waals surface area contributed by atoms with Gasteiger partial charge in [-0.25, -0.2) is 0 Å². The third-order valence-corrected chi connectivity index (χ3v) is 3.15. The molecule has 0 bridgehead atoms. The smallest absolute Gasteiger partial charge is 0.0661 e. The van der Waals surface area contributed by atoms with Crippen molar-refractivity contribution in [1.29, 1.82) is 0 Å². The van der Waals surface area contributed by atoms with E-state index in [2.05, 4.69) is 41.7 Å². The number of benzene rings is 1. The molecule has 1 aliphatic carbocycles. The Labute approximate surface area is 97.8 Å². The van der Waals surface area contributed by atoms with Crippen LogP contribution < -0.4 is 5.43 Å². The Bertz CT molecular complexity index is 335. The van der Waals surface area contributed by atoms with Gasteiger partial charge >= 0.3 is 0 Å². The molecule has 86 valence electrons. The van der Waals surface area contributed by atoms with Crippen LogP contribution in [0.25, 0.3) is 0 Å².